The first-order chi connectivity index (χ1) is 15.8. The van der Waals surface area contributed by atoms with Gasteiger partial charge < -0.3 is 23.5 Å². The Labute approximate surface area is 192 Å². The van der Waals surface area contributed by atoms with Crippen LogP contribution >= 0.6 is 0 Å². The zero-order valence-corrected chi connectivity index (χ0v) is 19.5. The van der Waals surface area contributed by atoms with Crippen molar-refractivity contribution < 1.29 is 31.8 Å². The molecule has 1 aliphatic heterocycles. The number of hydrogen-bond acceptors (Lipinski definition) is 7. The van der Waals surface area contributed by atoms with Gasteiger partial charge in [-0.2, -0.15) is 0 Å². The fourth-order valence-electron chi connectivity index (χ4n) is 3.84. The van der Waals surface area contributed by atoms with E-state index in [9.17, 15) is 13.2 Å². The average molecular weight is 475 g/mol. The molecule has 1 N–H and O–H groups in total. The Hall–Kier alpha value is -3.40. The van der Waals surface area contributed by atoms with Crippen LogP contribution in [-0.2, 0) is 14.8 Å². The lowest BCUT2D eigenvalue weighted by molar-refractivity contribution is 0.0791. The minimum absolute atomic E-state index is 0.0435. The average Bonchev–Trinajstić information content (AvgIpc) is 3.28. The second kappa shape index (κ2) is 9.22. The summed E-state index contributed by atoms with van der Waals surface area (Å²) in [6, 6.07) is 9.94. The third-order valence-electron chi connectivity index (χ3n) is 5.57. The largest absolute Gasteiger partial charge is 0.495 e. The molecule has 0 bridgehead atoms. The van der Waals surface area contributed by atoms with Gasteiger partial charge in [0.1, 0.15) is 11.9 Å². The van der Waals surface area contributed by atoms with E-state index in [1.54, 1.807) is 23.1 Å². The maximum absolute atomic E-state index is 13.2. The Bertz CT molecular complexity index is 1260. The van der Waals surface area contributed by atoms with E-state index < -0.39 is 10.0 Å². The van der Waals surface area contributed by atoms with Crippen LogP contribution < -0.4 is 14.2 Å². The van der Waals surface area contributed by atoms with Crippen molar-refractivity contribution in [2.75, 3.05) is 32.0 Å². The highest BCUT2D eigenvalue weighted by atomic mass is 32.2. The van der Waals surface area contributed by atoms with Crippen LogP contribution in [0.5, 0.6) is 11.5 Å². The molecule has 2 aromatic carbocycles. The fraction of sp³-hybridized carbons (Fsp3) is 0.348. The number of hydrogen-bond donors (Lipinski definition) is 1. The summed E-state index contributed by atoms with van der Waals surface area (Å²) in [6.45, 7) is 2.85. The molecule has 1 fully saturated rings. The molecule has 33 heavy (non-hydrogen) atoms. The second-order valence-corrected chi connectivity index (χ2v) is 9.53. The molecule has 1 saturated heterocycles. The van der Waals surface area contributed by atoms with Crippen molar-refractivity contribution in [3.63, 3.8) is 0 Å². The van der Waals surface area contributed by atoms with Gasteiger partial charge in [-0.1, -0.05) is 6.07 Å². The number of methoxy groups -OCH3 is 2. The molecule has 1 aliphatic rings. The molecule has 9 nitrogen and oxygen atoms in total. The molecule has 0 radical (unpaired) electrons. The first kappa shape index (κ1) is 22.8. The van der Waals surface area contributed by atoms with E-state index in [1.165, 1.54) is 32.6 Å². The predicted octanol–water partition coefficient (Wildman–Crippen LogP) is 4.16. The Morgan fingerprint density at radius 2 is 1.85 bits per heavy atom. The van der Waals surface area contributed by atoms with E-state index in [2.05, 4.69) is 4.72 Å². The number of rotatable bonds is 6. The molecule has 1 aromatic heterocycles. The summed E-state index contributed by atoms with van der Waals surface area (Å²) in [7, 11) is -1.10. The van der Waals surface area contributed by atoms with Crippen LogP contribution in [0.25, 0.3) is 11.0 Å². The lowest BCUT2D eigenvalue weighted by Crippen LogP contribution is -2.41. The van der Waals surface area contributed by atoms with Crippen LogP contribution in [-0.4, -0.2) is 52.8 Å². The Kier molecular flexibility index (Phi) is 6.37. The highest BCUT2D eigenvalue weighted by Gasteiger charge is 2.26. The minimum Gasteiger partial charge on any atom is -0.495 e. The molecular formula is C23H26N2O7S. The van der Waals surface area contributed by atoms with E-state index in [1.807, 2.05) is 13.0 Å². The summed E-state index contributed by atoms with van der Waals surface area (Å²) in [6.07, 6.45) is 2.11. The number of ether oxygens (including phenoxy) is 3. The minimum atomic E-state index is -3.94. The van der Waals surface area contributed by atoms with Crippen LogP contribution in [0.15, 0.2) is 52.0 Å². The lowest BCUT2D eigenvalue weighted by Gasteiger charge is -2.31. The number of furan rings is 1. The van der Waals surface area contributed by atoms with Crippen molar-refractivity contribution >= 4 is 32.8 Å². The second-order valence-electron chi connectivity index (χ2n) is 7.84. The maximum Gasteiger partial charge on any atom is 0.409 e. The number of nitrogens with zero attached hydrogens (tertiary/aromatic N) is 1. The Balaban J connectivity index is 1.60. The molecule has 0 spiro atoms. The third kappa shape index (κ3) is 4.85. The van der Waals surface area contributed by atoms with Crippen molar-refractivity contribution in [1.82, 2.24) is 4.90 Å². The number of carbonyl (C=O) groups is 1. The predicted molar refractivity (Wildman–Crippen MR) is 122 cm³/mol. The molecule has 0 aliphatic carbocycles. The first-order valence-electron chi connectivity index (χ1n) is 10.5. The highest BCUT2D eigenvalue weighted by molar-refractivity contribution is 7.92. The van der Waals surface area contributed by atoms with Gasteiger partial charge in [0.15, 0.2) is 11.3 Å². The van der Waals surface area contributed by atoms with Crippen LogP contribution in [0.2, 0.25) is 0 Å². The zero-order chi connectivity index (χ0) is 23.6. The van der Waals surface area contributed by atoms with Gasteiger partial charge in [0, 0.05) is 37.4 Å². The number of carbonyl (C=O) groups excluding carboxylic acids is 1. The first-order valence-corrected chi connectivity index (χ1v) is 12.0. The van der Waals surface area contributed by atoms with Gasteiger partial charge in [-0.05, 0) is 36.8 Å². The van der Waals surface area contributed by atoms with Crippen molar-refractivity contribution in [2.24, 2.45) is 0 Å². The number of likely N-dealkylation sites (tertiary alicyclic amines) is 1. The number of nitrogens with one attached hydrogen (secondary N) is 1. The quantitative estimate of drug-likeness (QED) is 0.572. The monoisotopic (exact) mass is 474 g/mol. The van der Waals surface area contributed by atoms with Crippen LogP contribution in [0.4, 0.5) is 10.5 Å². The molecule has 0 atom stereocenters. The summed E-state index contributed by atoms with van der Waals surface area (Å²) in [5.41, 5.74) is 1.71. The number of fused-ring (bicyclic) bond motifs is 1. The van der Waals surface area contributed by atoms with Crippen LogP contribution in [0.3, 0.4) is 0 Å². The van der Waals surface area contributed by atoms with E-state index in [0.29, 0.717) is 54.1 Å². The molecule has 10 heteroatoms. The Morgan fingerprint density at radius 3 is 2.55 bits per heavy atom. The molecular weight excluding hydrogens is 448 g/mol. The van der Waals surface area contributed by atoms with Crippen LogP contribution in [0, 0.1) is 6.92 Å². The van der Waals surface area contributed by atoms with E-state index in [-0.39, 0.29) is 17.1 Å². The number of benzene rings is 2. The van der Waals surface area contributed by atoms with Gasteiger partial charge in [-0.25, -0.2) is 13.2 Å². The van der Waals surface area contributed by atoms with Crippen molar-refractivity contribution in [1.29, 1.82) is 0 Å². The van der Waals surface area contributed by atoms with Crippen molar-refractivity contribution in [3.05, 3.63) is 48.2 Å². The van der Waals surface area contributed by atoms with Gasteiger partial charge >= 0.3 is 6.09 Å². The van der Waals surface area contributed by atoms with E-state index >= 15 is 0 Å². The molecule has 0 saturated carbocycles. The van der Waals surface area contributed by atoms with Gasteiger partial charge in [-0.15, -0.1) is 0 Å². The normalized spacial score (nSPS) is 14.8. The summed E-state index contributed by atoms with van der Waals surface area (Å²) in [4.78, 5) is 13.4. The number of anilines is 1. The van der Waals surface area contributed by atoms with Crippen LogP contribution in [0.1, 0.15) is 18.4 Å². The third-order valence-corrected chi connectivity index (χ3v) is 6.91. The topological polar surface area (TPSA) is 107 Å². The molecule has 2 heterocycles. The molecule has 4 rings (SSSR count). The number of sulfonamides is 1. The zero-order valence-electron chi connectivity index (χ0n) is 18.7. The summed E-state index contributed by atoms with van der Waals surface area (Å²) in [5.74, 6) is 0.757. The van der Waals surface area contributed by atoms with Gasteiger partial charge in [0.05, 0.1) is 31.1 Å². The molecule has 1 amide bonds. The lowest BCUT2D eigenvalue weighted by atomic mass is 10.1. The summed E-state index contributed by atoms with van der Waals surface area (Å²) in [5, 5.41) is 0.607. The number of piperidine rings is 1. The number of aryl methyl sites for hydroxylation is 1. The molecule has 176 valence electrons. The maximum atomic E-state index is 13.2. The summed E-state index contributed by atoms with van der Waals surface area (Å²) >= 11 is 0. The van der Waals surface area contributed by atoms with Gasteiger partial charge in [0.2, 0.25) is 0 Å². The molecule has 0 unspecified atom stereocenters. The van der Waals surface area contributed by atoms with Crippen molar-refractivity contribution in [2.45, 2.75) is 30.8 Å². The smallest absolute Gasteiger partial charge is 0.409 e. The SMILES string of the molecule is COC(=O)N1CCC(Oc2cc(S(=O)(=O)Nc3cc(C)ccc3OC)cc3ccoc23)CC1. The molecule has 3 aromatic rings. The van der Waals surface area contributed by atoms with Gasteiger partial charge in [-0.3, -0.25) is 4.72 Å². The van der Waals surface area contributed by atoms with E-state index in [4.69, 9.17) is 18.6 Å². The van der Waals surface area contributed by atoms with Gasteiger partial charge in [0.25, 0.3) is 10.0 Å². The standard InChI is InChI=1S/C23H26N2O7S/c1-15-4-5-20(29-2)19(12-15)24-33(27,28)18-13-16-8-11-31-22(16)21(14-18)32-17-6-9-25(10-7-17)23(26)30-3/h4-5,8,11-14,17,24H,6-7,9-10H2,1-3H3. The van der Waals surface area contributed by atoms with E-state index in [0.717, 1.165) is 5.56 Å². The summed E-state index contributed by atoms with van der Waals surface area (Å²) < 4.78 is 50.8. The number of amides is 1. The fourth-order valence-corrected chi connectivity index (χ4v) is 4.95. The van der Waals surface area contributed by atoms with Crippen molar-refractivity contribution in [3.8, 4) is 11.5 Å². The Morgan fingerprint density at radius 1 is 1.09 bits per heavy atom. The highest BCUT2D eigenvalue weighted by Crippen LogP contribution is 2.34.